The van der Waals surface area contributed by atoms with Crippen LogP contribution >= 0.6 is 0 Å². The van der Waals surface area contributed by atoms with Gasteiger partial charge in [0, 0.05) is 6.54 Å². The lowest BCUT2D eigenvalue weighted by molar-refractivity contribution is 0.307. The fraction of sp³-hybridized carbons (Fsp3) is 0.111. The van der Waals surface area contributed by atoms with Gasteiger partial charge in [-0.25, -0.2) is 0 Å². The minimum atomic E-state index is 0.533. The average Bonchev–Trinajstić information content (AvgIpc) is 2.53. The van der Waals surface area contributed by atoms with E-state index in [1.807, 2.05) is 24.3 Å². The Bertz CT molecular complexity index is 716. The second-order valence-electron chi connectivity index (χ2n) is 4.78. The molecule has 0 unspecified atom stereocenters. The zero-order valence-electron chi connectivity index (χ0n) is 11.3. The molecular formula is C18H17NO. The van der Waals surface area contributed by atoms with E-state index < -0.39 is 0 Å². The van der Waals surface area contributed by atoms with Gasteiger partial charge in [0.1, 0.15) is 12.4 Å². The maximum atomic E-state index is 5.89. The predicted molar refractivity (Wildman–Crippen MR) is 82.6 cm³/mol. The zero-order valence-corrected chi connectivity index (χ0v) is 11.3. The fourth-order valence-corrected chi connectivity index (χ4v) is 2.34. The summed E-state index contributed by atoms with van der Waals surface area (Å²) < 4.78 is 5.89. The van der Waals surface area contributed by atoms with Crippen molar-refractivity contribution >= 4 is 10.8 Å². The molecule has 100 valence electrons. The Kier molecular flexibility index (Phi) is 3.66. The summed E-state index contributed by atoms with van der Waals surface area (Å²) in [5.41, 5.74) is 7.92. The Morgan fingerprint density at radius 2 is 1.65 bits per heavy atom. The smallest absolute Gasteiger partial charge is 0.120 e. The minimum absolute atomic E-state index is 0.533. The molecule has 0 atom stereocenters. The largest absolute Gasteiger partial charge is 0.489 e. The molecule has 0 aliphatic carbocycles. The maximum Gasteiger partial charge on any atom is 0.120 e. The van der Waals surface area contributed by atoms with Crippen LogP contribution in [0.1, 0.15) is 11.1 Å². The molecule has 0 saturated carbocycles. The molecule has 2 N–H and O–H groups in total. The van der Waals surface area contributed by atoms with Crippen molar-refractivity contribution in [3.8, 4) is 5.75 Å². The lowest BCUT2D eigenvalue weighted by Gasteiger charge is -2.10. The van der Waals surface area contributed by atoms with Crippen molar-refractivity contribution < 1.29 is 4.74 Å². The van der Waals surface area contributed by atoms with Gasteiger partial charge in [0.25, 0.3) is 0 Å². The van der Waals surface area contributed by atoms with E-state index >= 15 is 0 Å². The molecule has 2 nitrogen and oxygen atoms in total. The van der Waals surface area contributed by atoms with Gasteiger partial charge in [-0.15, -0.1) is 0 Å². The molecule has 0 saturated heterocycles. The lowest BCUT2D eigenvalue weighted by atomic mass is 10.1. The first-order valence-electron chi connectivity index (χ1n) is 6.75. The summed E-state index contributed by atoms with van der Waals surface area (Å²) in [6, 6.07) is 22.6. The maximum absolute atomic E-state index is 5.89. The van der Waals surface area contributed by atoms with Gasteiger partial charge in [0.05, 0.1) is 0 Å². The van der Waals surface area contributed by atoms with Crippen molar-refractivity contribution in [1.82, 2.24) is 0 Å². The first kappa shape index (κ1) is 12.7. The minimum Gasteiger partial charge on any atom is -0.489 e. The average molecular weight is 263 g/mol. The molecule has 0 aliphatic rings. The van der Waals surface area contributed by atoms with Crippen LogP contribution in [-0.4, -0.2) is 0 Å². The van der Waals surface area contributed by atoms with E-state index in [1.54, 1.807) is 0 Å². The number of rotatable bonds is 4. The normalized spacial score (nSPS) is 10.7. The van der Waals surface area contributed by atoms with Crippen LogP contribution in [0, 0.1) is 0 Å². The molecule has 0 fully saturated rings. The van der Waals surface area contributed by atoms with Crippen molar-refractivity contribution in [2.45, 2.75) is 13.2 Å². The van der Waals surface area contributed by atoms with Crippen LogP contribution in [0.2, 0.25) is 0 Å². The highest BCUT2D eigenvalue weighted by Gasteiger charge is 2.02. The van der Waals surface area contributed by atoms with E-state index in [1.165, 1.54) is 16.3 Å². The van der Waals surface area contributed by atoms with E-state index in [0.717, 1.165) is 11.3 Å². The van der Waals surface area contributed by atoms with E-state index in [4.69, 9.17) is 10.5 Å². The number of benzene rings is 3. The molecule has 20 heavy (non-hydrogen) atoms. The summed E-state index contributed by atoms with van der Waals surface area (Å²) in [6.07, 6.45) is 0. The van der Waals surface area contributed by atoms with Crippen molar-refractivity contribution in [1.29, 1.82) is 0 Å². The number of fused-ring (bicyclic) bond motifs is 1. The molecule has 0 aliphatic heterocycles. The van der Waals surface area contributed by atoms with Gasteiger partial charge >= 0.3 is 0 Å². The van der Waals surface area contributed by atoms with Gasteiger partial charge in [-0.05, 0) is 34.0 Å². The summed E-state index contributed by atoms with van der Waals surface area (Å²) in [7, 11) is 0. The molecule has 0 amide bonds. The van der Waals surface area contributed by atoms with Crippen LogP contribution in [0.25, 0.3) is 10.8 Å². The van der Waals surface area contributed by atoms with Gasteiger partial charge in [-0.3, -0.25) is 0 Å². The number of hydrogen-bond donors (Lipinski definition) is 1. The van der Waals surface area contributed by atoms with Crippen LogP contribution < -0.4 is 10.5 Å². The first-order valence-corrected chi connectivity index (χ1v) is 6.75. The fourth-order valence-electron chi connectivity index (χ4n) is 2.34. The highest BCUT2D eigenvalue weighted by molar-refractivity contribution is 5.85. The molecule has 0 heterocycles. The second kappa shape index (κ2) is 5.76. The lowest BCUT2D eigenvalue weighted by Crippen LogP contribution is -1.99. The topological polar surface area (TPSA) is 35.2 Å². The van der Waals surface area contributed by atoms with E-state index in [0.29, 0.717) is 13.2 Å². The third kappa shape index (κ3) is 2.65. The SMILES string of the molecule is NCc1cccc(OCc2cccc3ccccc23)c1. The zero-order chi connectivity index (χ0) is 13.8. The first-order chi connectivity index (χ1) is 9.86. The standard InChI is InChI=1S/C18H17NO/c19-12-14-5-3-9-17(11-14)20-13-16-8-4-7-15-6-1-2-10-18(15)16/h1-11H,12-13,19H2. The summed E-state index contributed by atoms with van der Waals surface area (Å²) in [6.45, 7) is 1.10. The van der Waals surface area contributed by atoms with Gasteiger partial charge in [0.15, 0.2) is 0 Å². The molecular weight excluding hydrogens is 246 g/mol. The Balaban J connectivity index is 1.83. The molecule has 3 aromatic carbocycles. The Labute approximate surface area is 118 Å². The summed E-state index contributed by atoms with van der Waals surface area (Å²) >= 11 is 0. The third-order valence-corrected chi connectivity index (χ3v) is 3.41. The molecule has 0 aromatic heterocycles. The van der Waals surface area contributed by atoms with Gasteiger partial charge in [0.2, 0.25) is 0 Å². The molecule has 2 heteroatoms. The summed E-state index contributed by atoms with van der Waals surface area (Å²) in [4.78, 5) is 0. The van der Waals surface area contributed by atoms with E-state index in [2.05, 4.69) is 42.5 Å². The molecule has 0 spiro atoms. The predicted octanol–water partition coefficient (Wildman–Crippen LogP) is 3.88. The van der Waals surface area contributed by atoms with Crippen molar-refractivity contribution in [3.63, 3.8) is 0 Å². The quantitative estimate of drug-likeness (QED) is 0.775. The monoisotopic (exact) mass is 263 g/mol. The van der Waals surface area contributed by atoms with Crippen LogP contribution in [0.4, 0.5) is 0 Å². The number of hydrogen-bond acceptors (Lipinski definition) is 2. The molecule has 0 radical (unpaired) electrons. The van der Waals surface area contributed by atoms with Crippen molar-refractivity contribution in [2.75, 3.05) is 0 Å². The highest BCUT2D eigenvalue weighted by Crippen LogP contribution is 2.21. The van der Waals surface area contributed by atoms with Crippen molar-refractivity contribution in [2.24, 2.45) is 5.73 Å². The number of nitrogens with two attached hydrogens (primary N) is 1. The Morgan fingerprint density at radius 1 is 0.850 bits per heavy atom. The van der Waals surface area contributed by atoms with Gasteiger partial charge < -0.3 is 10.5 Å². The Morgan fingerprint density at radius 3 is 2.55 bits per heavy atom. The van der Waals surface area contributed by atoms with E-state index in [-0.39, 0.29) is 0 Å². The van der Waals surface area contributed by atoms with Gasteiger partial charge in [-0.2, -0.15) is 0 Å². The summed E-state index contributed by atoms with van der Waals surface area (Å²) in [5, 5.41) is 2.48. The molecule has 3 aromatic rings. The third-order valence-electron chi connectivity index (χ3n) is 3.41. The summed E-state index contributed by atoms with van der Waals surface area (Å²) in [5.74, 6) is 0.862. The Hall–Kier alpha value is -2.32. The molecule has 3 rings (SSSR count). The van der Waals surface area contributed by atoms with Crippen LogP contribution in [-0.2, 0) is 13.2 Å². The van der Waals surface area contributed by atoms with Gasteiger partial charge in [-0.1, -0.05) is 54.6 Å². The van der Waals surface area contributed by atoms with Crippen LogP contribution in [0.3, 0.4) is 0 Å². The van der Waals surface area contributed by atoms with Crippen molar-refractivity contribution in [3.05, 3.63) is 77.9 Å². The highest BCUT2D eigenvalue weighted by atomic mass is 16.5. The van der Waals surface area contributed by atoms with Crippen LogP contribution in [0.5, 0.6) is 5.75 Å². The second-order valence-corrected chi connectivity index (χ2v) is 4.78. The number of ether oxygens (including phenoxy) is 1. The van der Waals surface area contributed by atoms with Crippen LogP contribution in [0.15, 0.2) is 66.7 Å². The van der Waals surface area contributed by atoms with E-state index in [9.17, 15) is 0 Å². The molecule has 0 bridgehead atoms.